The summed E-state index contributed by atoms with van der Waals surface area (Å²) < 4.78 is 0. The number of nitrogens with one attached hydrogen (secondary N) is 1. The molecule has 1 aliphatic heterocycles. The molecule has 0 spiro atoms. The predicted molar refractivity (Wildman–Crippen MR) is 50.3 cm³/mol. The fourth-order valence-corrected chi connectivity index (χ4v) is 1.31. The summed E-state index contributed by atoms with van der Waals surface area (Å²) in [6.07, 6.45) is 2.66. The lowest BCUT2D eigenvalue weighted by molar-refractivity contribution is 0.232. The molecule has 3 heteroatoms. The Kier molecular flexibility index (Phi) is 3.29. The van der Waals surface area contributed by atoms with Gasteiger partial charge in [0.05, 0.1) is 12.9 Å². The van der Waals surface area contributed by atoms with Gasteiger partial charge in [0.2, 0.25) is 0 Å². The molecule has 0 fully saturated rings. The lowest BCUT2D eigenvalue weighted by Gasteiger charge is -2.18. The normalized spacial score (nSPS) is 23.7. The van der Waals surface area contributed by atoms with Crippen LogP contribution < -0.4 is 5.32 Å². The fourth-order valence-electron chi connectivity index (χ4n) is 1.31. The lowest BCUT2D eigenvalue weighted by Crippen LogP contribution is -2.28. The number of hydrogen-bond donors (Lipinski definition) is 2. The van der Waals surface area contributed by atoms with Crippen molar-refractivity contribution in [3.63, 3.8) is 0 Å². The van der Waals surface area contributed by atoms with Gasteiger partial charge in [-0.2, -0.15) is 0 Å². The minimum absolute atomic E-state index is 0.188. The van der Waals surface area contributed by atoms with E-state index in [2.05, 4.69) is 16.9 Å². The van der Waals surface area contributed by atoms with Gasteiger partial charge >= 0.3 is 0 Å². The average molecular weight is 168 g/mol. The maximum Gasteiger partial charge on any atom is 0.0827 e. The molecule has 1 heterocycles. The van der Waals surface area contributed by atoms with E-state index in [1.54, 1.807) is 6.34 Å². The third kappa shape index (κ3) is 2.34. The molecule has 0 saturated carbocycles. The van der Waals surface area contributed by atoms with Gasteiger partial charge in [-0.25, -0.2) is 0 Å². The first-order valence-electron chi connectivity index (χ1n) is 4.24. The summed E-state index contributed by atoms with van der Waals surface area (Å²) in [5.74, 6) is 0.212. The van der Waals surface area contributed by atoms with E-state index in [4.69, 9.17) is 5.11 Å². The monoisotopic (exact) mass is 168 g/mol. The van der Waals surface area contributed by atoms with E-state index in [1.807, 2.05) is 6.92 Å². The SMILES string of the molecule is C=C(C)C(CO)CC1CN=CN1. The van der Waals surface area contributed by atoms with E-state index in [1.165, 1.54) is 0 Å². The van der Waals surface area contributed by atoms with Crippen LogP contribution in [0.1, 0.15) is 13.3 Å². The average Bonchev–Trinajstić information content (AvgIpc) is 2.51. The van der Waals surface area contributed by atoms with Gasteiger partial charge in [0.1, 0.15) is 0 Å². The van der Waals surface area contributed by atoms with Gasteiger partial charge in [-0.3, -0.25) is 4.99 Å². The molecule has 3 nitrogen and oxygen atoms in total. The zero-order chi connectivity index (χ0) is 8.97. The quantitative estimate of drug-likeness (QED) is 0.602. The number of nitrogens with zero attached hydrogens (tertiary/aromatic N) is 1. The van der Waals surface area contributed by atoms with E-state index >= 15 is 0 Å². The van der Waals surface area contributed by atoms with E-state index < -0.39 is 0 Å². The number of hydrogen-bond acceptors (Lipinski definition) is 3. The largest absolute Gasteiger partial charge is 0.396 e. The molecule has 1 aliphatic rings. The second-order valence-electron chi connectivity index (χ2n) is 3.32. The molecular weight excluding hydrogens is 152 g/mol. The highest BCUT2D eigenvalue weighted by atomic mass is 16.3. The molecule has 68 valence electrons. The van der Waals surface area contributed by atoms with Crippen LogP contribution in [-0.2, 0) is 0 Å². The molecule has 0 aromatic rings. The highest BCUT2D eigenvalue weighted by Crippen LogP contribution is 2.15. The van der Waals surface area contributed by atoms with Gasteiger partial charge in [-0.05, 0) is 13.3 Å². The van der Waals surface area contributed by atoms with E-state index in [0.717, 1.165) is 18.5 Å². The smallest absolute Gasteiger partial charge is 0.0827 e. The lowest BCUT2D eigenvalue weighted by atomic mass is 9.95. The van der Waals surface area contributed by atoms with Gasteiger partial charge < -0.3 is 10.4 Å². The summed E-state index contributed by atoms with van der Waals surface area (Å²) in [6, 6.07) is 0.388. The van der Waals surface area contributed by atoms with Crippen molar-refractivity contribution in [2.24, 2.45) is 10.9 Å². The summed E-state index contributed by atoms with van der Waals surface area (Å²) >= 11 is 0. The van der Waals surface area contributed by atoms with Crippen LogP contribution in [0.15, 0.2) is 17.1 Å². The topological polar surface area (TPSA) is 44.6 Å². The fraction of sp³-hybridized carbons (Fsp3) is 0.667. The van der Waals surface area contributed by atoms with E-state index in [-0.39, 0.29) is 12.5 Å². The number of rotatable bonds is 4. The van der Waals surface area contributed by atoms with Crippen LogP contribution >= 0.6 is 0 Å². The molecule has 0 aromatic carbocycles. The molecule has 0 aliphatic carbocycles. The minimum atomic E-state index is 0.188. The zero-order valence-corrected chi connectivity index (χ0v) is 7.45. The second kappa shape index (κ2) is 4.26. The van der Waals surface area contributed by atoms with Crippen molar-refractivity contribution in [2.45, 2.75) is 19.4 Å². The highest BCUT2D eigenvalue weighted by molar-refractivity contribution is 5.57. The molecular formula is C9H16N2O. The van der Waals surface area contributed by atoms with Gasteiger partial charge in [0, 0.05) is 18.6 Å². The van der Waals surface area contributed by atoms with Crippen molar-refractivity contribution < 1.29 is 5.11 Å². The first-order valence-corrected chi connectivity index (χ1v) is 4.24. The Bertz CT molecular complexity index is 181. The summed E-state index contributed by atoms with van der Waals surface area (Å²) in [5, 5.41) is 12.2. The van der Waals surface area contributed by atoms with E-state index in [0.29, 0.717) is 6.04 Å². The van der Waals surface area contributed by atoms with Crippen molar-refractivity contribution >= 4 is 6.34 Å². The maximum absolute atomic E-state index is 9.03. The van der Waals surface area contributed by atoms with Crippen LogP contribution in [0.2, 0.25) is 0 Å². The Balaban J connectivity index is 2.32. The Labute approximate surface area is 73.2 Å². The number of aliphatic hydroxyl groups excluding tert-OH is 1. The third-order valence-corrected chi connectivity index (χ3v) is 2.21. The van der Waals surface area contributed by atoms with Crippen molar-refractivity contribution in [3.8, 4) is 0 Å². The zero-order valence-electron chi connectivity index (χ0n) is 7.45. The molecule has 0 aromatic heterocycles. The van der Waals surface area contributed by atoms with Gasteiger partial charge in [-0.15, -0.1) is 0 Å². The molecule has 2 N–H and O–H groups in total. The van der Waals surface area contributed by atoms with Crippen LogP contribution in [0.3, 0.4) is 0 Å². The van der Waals surface area contributed by atoms with Crippen LogP contribution in [0.4, 0.5) is 0 Å². The molecule has 2 unspecified atom stereocenters. The highest BCUT2D eigenvalue weighted by Gasteiger charge is 2.17. The molecule has 0 bridgehead atoms. The molecule has 0 radical (unpaired) electrons. The summed E-state index contributed by atoms with van der Waals surface area (Å²) in [7, 11) is 0. The van der Waals surface area contributed by atoms with Gasteiger partial charge in [-0.1, -0.05) is 12.2 Å². The van der Waals surface area contributed by atoms with Crippen molar-refractivity contribution in [3.05, 3.63) is 12.2 Å². The molecule has 12 heavy (non-hydrogen) atoms. The van der Waals surface area contributed by atoms with Crippen molar-refractivity contribution in [2.75, 3.05) is 13.2 Å². The van der Waals surface area contributed by atoms with Crippen LogP contribution in [0.25, 0.3) is 0 Å². The van der Waals surface area contributed by atoms with Crippen LogP contribution in [-0.4, -0.2) is 30.6 Å². The standard InChI is InChI=1S/C9H16N2O/c1-7(2)8(5-12)3-9-4-10-6-11-9/h6,8-9,12H,1,3-5H2,2H3,(H,10,11). The second-order valence-corrected chi connectivity index (χ2v) is 3.32. The van der Waals surface area contributed by atoms with E-state index in [9.17, 15) is 0 Å². The van der Waals surface area contributed by atoms with Crippen LogP contribution in [0, 0.1) is 5.92 Å². The van der Waals surface area contributed by atoms with Gasteiger partial charge in [0.15, 0.2) is 0 Å². The summed E-state index contributed by atoms with van der Waals surface area (Å²) in [4.78, 5) is 4.06. The first-order chi connectivity index (χ1) is 5.74. The molecule has 1 rings (SSSR count). The predicted octanol–water partition coefficient (Wildman–Crippen LogP) is 0.561. The van der Waals surface area contributed by atoms with Gasteiger partial charge in [0.25, 0.3) is 0 Å². The van der Waals surface area contributed by atoms with Crippen molar-refractivity contribution in [1.29, 1.82) is 0 Å². The minimum Gasteiger partial charge on any atom is -0.396 e. The van der Waals surface area contributed by atoms with Crippen LogP contribution in [0.5, 0.6) is 0 Å². The number of aliphatic hydroxyl groups is 1. The molecule has 0 amide bonds. The van der Waals surface area contributed by atoms with Crippen molar-refractivity contribution in [1.82, 2.24) is 5.32 Å². The first kappa shape index (κ1) is 9.26. The summed E-state index contributed by atoms with van der Waals surface area (Å²) in [5.41, 5.74) is 1.05. The number of aliphatic imine (C=N–C) groups is 1. The Hall–Kier alpha value is -0.830. The molecule has 0 saturated heterocycles. The third-order valence-electron chi connectivity index (χ3n) is 2.21. The molecule has 2 atom stereocenters. The summed E-state index contributed by atoms with van der Waals surface area (Å²) in [6.45, 7) is 6.81. The Morgan fingerprint density at radius 2 is 2.67 bits per heavy atom. The maximum atomic E-state index is 9.03. The Morgan fingerprint density at radius 3 is 3.08 bits per heavy atom. The Morgan fingerprint density at radius 1 is 1.92 bits per heavy atom.